The fraction of sp³-hybridized carbons (Fsp3) is 0.167. The second-order valence-electron chi connectivity index (χ2n) is 5.10. The summed E-state index contributed by atoms with van der Waals surface area (Å²) in [5.41, 5.74) is -0.00810. The van der Waals surface area contributed by atoms with E-state index < -0.39 is 23.7 Å². The molecular weight excluding hydrogens is 317 g/mol. The molecule has 3 N–H and O–H groups in total. The number of anilines is 1. The molecule has 0 aliphatic carbocycles. The molecule has 2 aromatic carbocycles. The number of halogens is 3. The lowest BCUT2D eigenvalue weighted by Gasteiger charge is -2.15. The summed E-state index contributed by atoms with van der Waals surface area (Å²) in [5.74, 6) is 2.00. The smallest absolute Gasteiger partial charge is 0.322 e. The quantitative estimate of drug-likeness (QED) is 0.812. The molecule has 0 saturated heterocycles. The summed E-state index contributed by atoms with van der Waals surface area (Å²) in [4.78, 5) is 12.5. The highest BCUT2D eigenvalue weighted by Gasteiger charge is 2.31. The number of quaternary nitrogens is 1. The number of nitrogens with one attached hydrogen (secondary N) is 1. The molecule has 1 atom stereocenters. The van der Waals surface area contributed by atoms with Crippen molar-refractivity contribution in [2.45, 2.75) is 12.2 Å². The third-order valence-corrected chi connectivity index (χ3v) is 3.37. The Morgan fingerprint density at radius 1 is 1.17 bits per heavy atom. The van der Waals surface area contributed by atoms with Crippen LogP contribution in [-0.4, -0.2) is 12.5 Å². The topological polar surface area (TPSA) is 45.7 Å². The van der Waals surface area contributed by atoms with E-state index in [1.807, 2.05) is 6.07 Å². The standard InChI is InChI=1S/C18H15F3N2O/c1-2-11-22-16(13-7-4-3-5-8-13)17(24)23-15-10-6-9-14(12-15)18(19,20)21/h1,3-10,12,16,22H,11H2,(H,23,24)/p+1/t16-/m1/s1. The molecule has 2 aromatic rings. The molecule has 2 rings (SSSR count). The molecule has 1 amide bonds. The number of alkyl halides is 3. The molecule has 6 heteroatoms. The number of hydrogen-bond acceptors (Lipinski definition) is 1. The van der Waals surface area contributed by atoms with Crippen molar-refractivity contribution in [3.63, 3.8) is 0 Å². The Hall–Kier alpha value is -2.78. The van der Waals surface area contributed by atoms with Gasteiger partial charge in [-0.25, -0.2) is 0 Å². The van der Waals surface area contributed by atoms with E-state index in [1.54, 1.807) is 29.6 Å². The van der Waals surface area contributed by atoms with E-state index in [0.29, 0.717) is 0 Å². The van der Waals surface area contributed by atoms with E-state index in [1.165, 1.54) is 12.1 Å². The zero-order valence-electron chi connectivity index (χ0n) is 12.7. The van der Waals surface area contributed by atoms with Crippen molar-refractivity contribution in [3.8, 4) is 12.3 Å². The van der Waals surface area contributed by atoms with Crippen LogP contribution in [0.15, 0.2) is 54.6 Å². The first-order valence-corrected chi connectivity index (χ1v) is 7.21. The van der Waals surface area contributed by atoms with Crippen molar-refractivity contribution in [2.24, 2.45) is 0 Å². The molecule has 24 heavy (non-hydrogen) atoms. The van der Waals surface area contributed by atoms with Gasteiger partial charge in [-0.3, -0.25) is 4.79 Å². The van der Waals surface area contributed by atoms with Crippen LogP contribution < -0.4 is 10.6 Å². The molecule has 0 fully saturated rings. The predicted octanol–water partition coefficient (Wildman–Crippen LogP) is 2.58. The Labute approximate surface area is 137 Å². The van der Waals surface area contributed by atoms with Crippen LogP contribution in [-0.2, 0) is 11.0 Å². The predicted molar refractivity (Wildman–Crippen MR) is 84.9 cm³/mol. The van der Waals surface area contributed by atoms with E-state index in [4.69, 9.17) is 6.42 Å². The van der Waals surface area contributed by atoms with E-state index in [-0.39, 0.29) is 12.2 Å². The van der Waals surface area contributed by atoms with Crippen LogP contribution in [0.4, 0.5) is 18.9 Å². The Bertz CT molecular complexity index is 736. The third kappa shape index (κ3) is 4.61. The summed E-state index contributed by atoms with van der Waals surface area (Å²) < 4.78 is 38.3. The number of hydrogen-bond donors (Lipinski definition) is 2. The second-order valence-corrected chi connectivity index (χ2v) is 5.10. The van der Waals surface area contributed by atoms with Gasteiger partial charge in [-0.1, -0.05) is 36.4 Å². The van der Waals surface area contributed by atoms with Gasteiger partial charge >= 0.3 is 6.18 Å². The minimum Gasteiger partial charge on any atom is -0.322 e. The van der Waals surface area contributed by atoms with Gasteiger partial charge in [-0.05, 0) is 24.1 Å². The lowest BCUT2D eigenvalue weighted by atomic mass is 10.1. The van der Waals surface area contributed by atoms with Crippen molar-refractivity contribution in [1.29, 1.82) is 0 Å². The average molecular weight is 333 g/mol. The van der Waals surface area contributed by atoms with E-state index in [9.17, 15) is 18.0 Å². The fourth-order valence-corrected chi connectivity index (χ4v) is 2.23. The van der Waals surface area contributed by atoms with Gasteiger partial charge < -0.3 is 10.6 Å². The highest BCUT2D eigenvalue weighted by molar-refractivity contribution is 5.94. The van der Waals surface area contributed by atoms with Gasteiger partial charge in [-0.15, -0.1) is 6.42 Å². The van der Waals surface area contributed by atoms with E-state index >= 15 is 0 Å². The number of terminal acetylenes is 1. The number of rotatable bonds is 5. The number of carbonyl (C=O) groups excluding carboxylic acids is 1. The lowest BCUT2D eigenvalue weighted by molar-refractivity contribution is -0.672. The Morgan fingerprint density at radius 2 is 1.88 bits per heavy atom. The molecule has 0 heterocycles. The lowest BCUT2D eigenvalue weighted by Crippen LogP contribution is -2.87. The van der Waals surface area contributed by atoms with Gasteiger partial charge in [0.05, 0.1) is 5.56 Å². The van der Waals surface area contributed by atoms with Crippen LogP contribution in [0.3, 0.4) is 0 Å². The summed E-state index contributed by atoms with van der Waals surface area (Å²) in [5, 5.41) is 4.17. The Morgan fingerprint density at radius 3 is 2.50 bits per heavy atom. The first kappa shape index (κ1) is 17.6. The van der Waals surface area contributed by atoms with Gasteiger partial charge in [0.2, 0.25) is 0 Å². The Balaban J connectivity index is 2.20. The molecule has 0 radical (unpaired) electrons. The minimum atomic E-state index is -4.46. The molecule has 0 saturated carbocycles. The zero-order chi connectivity index (χ0) is 17.6. The number of amides is 1. The van der Waals surface area contributed by atoms with Crippen LogP contribution >= 0.6 is 0 Å². The summed E-state index contributed by atoms with van der Waals surface area (Å²) in [6.45, 7) is 0.273. The summed E-state index contributed by atoms with van der Waals surface area (Å²) in [6, 6.07) is 12.8. The van der Waals surface area contributed by atoms with Gasteiger partial charge in [0, 0.05) is 11.3 Å². The van der Waals surface area contributed by atoms with Crippen LogP contribution in [0.25, 0.3) is 0 Å². The van der Waals surface area contributed by atoms with Crippen molar-refractivity contribution in [1.82, 2.24) is 0 Å². The number of carbonyl (C=O) groups is 1. The summed E-state index contributed by atoms with van der Waals surface area (Å²) in [7, 11) is 0. The molecule has 0 unspecified atom stereocenters. The minimum absolute atomic E-state index is 0.0878. The SMILES string of the molecule is C#CC[NH2+][C@@H](C(=O)Nc1cccc(C(F)(F)F)c1)c1ccccc1. The van der Waals surface area contributed by atoms with Crippen LogP contribution in [0.1, 0.15) is 17.2 Å². The molecule has 3 nitrogen and oxygen atoms in total. The highest BCUT2D eigenvalue weighted by Crippen LogP contribution is 2.30. The molecule has 0 spiro atoms. The third-order valence-electron chi connectivity index (χ3n) is 3.37. The van der Waals surface area contributed by atoms with Crippen molar-refractivity contribution < 1.29 is 23.3 Å². The van der Waals surface area contributed by atoms with Crippen LogP contribution in [0.2, 0.25) is 0 Å². The van der Waals surface area contributed by atoms with Crippen LogP contribution in [0.5, 0.6) is 0 Å². The molecule has 0 aromatic heterocycles. The van der Waals surface area contributed by atoms with Crippen molar-refractivity contribution in [2.75, 3.05) is 11.9 Å². The highest BCUT2D eigenvalue weighted by atomic mass is 19.4. The summed E-state index contributed by atoms with van der Waals surface area (Å²) in [6.07, 6.45) is 0.774. The van der Waals surface area contributed by atoms with Gasteiger partial charge in [0.15, 0.2) is 6.04 Å². The van der Waals surface area contributed by atoms with Gasteiger partial charge in [0.1, 0.15) is 6.54 Å². The zero-order valence-corrected chi connectivity index (χ0v) is 12.7. The second kappa shape index (κ2) is 7.66. The normalized spacial score (nSPS) is 12.2. The van der Waals surface area contributed by atoms with Crippen molar-refractivity contribution >= 4 is 11.6 Å². The van der Waals surface area contributed by atoms with Crippen LogP contribution in [0, 0.1) is 12.3 Å². The maximum Gasteiger partial charge on any atom is 0.416 e. The Kier molecular flexibility index (Phi) is 5.61. The summed E-state index contributed by atoms with van der Waals surface area (Å²) >= 11 is 0. The fourth-order valence-electron chi connectivity index (χ4n) is 2.23. The molecule has 0 aliphatic heterocycles. The molecule has 0 aliphatic rings. The molecule has 124 valence electrons. The maximum atomic E-state index is 12.8. The van der Waals surface area contributed by atoms with E-state index in [2.05, 4.69) is 11.2 Å². The first-order chi connectivity index (χ1) is 11.4. The molecule has 0 bridgehead atoms. The maximum absolute atomic E-state index is 12.8. The van der Waals surface area contributed by atoms with Gasteiger partial charge in [-0.2, -0.15) is 13.2 Å². The molecular formula is C18H16F3N2O+. The number of benzene rings is 2. The van der Waals surface area contributed by atoms with E-state index in [0.717, 1.165) is 17.7 Å². The largest absolute Gasteiger partial charge is 0.416 e. The first-order valence-electron chi connectivity index (χ1n) is 7.21. The number of nitrogens with two attached hydrogens (primary N) is 1. The average Bonchev–Trinajstić information content (AvgIpc) is 2.55. The monoisotopic (exact) mass is 333 g/mol. The van der Waals surface area contributed by atoms with Crippen molar-refractivity contribution in [3.05, 3.63) is 65.7 Å². The van der Waals surface area contributed by atoms with Gasteiger partial charge in [0.25, 0.3) is 5.91 Å².